The van der Waals surface area contributed by atoms with E-state index in [1.54, 1.807) is 0 Å². The minimum Gasteiger partial charge on any atom is -0.379 e. The molecule has 0 spiro atoms. The van der Waals surface area contributed by atoms with Gasteiger partial charge in [0.2, 0.25) is 5.91 Å². The summed E-state index contributed by atoms with van der Waals surface area (Å²) in [6.45, 7) is 4.09. The Kier molecular flexibility index (Phi) is 5.17. The molecule has 1 saturated heterocycles. The molecule has 4 unspecified atom stereocenters. The third-order valence-corrected chi connectivity index (χ3v) is 4.08. The molecule has 1 saturated carbocycles. The van der Waals surface area contributed by atoms with Crippen molar-refractivity contribution >= 4 is 5.91 Å². The van der Waals surface area contributed by atoms with Crippen molar-refractivity contribution in [3.8, 4) is 6.07 Å². The summed E-state index contributed by atoms with van der Waals surface area (Å²) in [5.74, 6) is -0.0990. The number of carbonyl (C=O) groups is 1. The molecule has 106 valence electrons. The lowest BCUT2D eigenvalue weighted by Gasteiger charge is -2.22. The SMILES string of the molecule is CCCNC1COCC1C(=O)NC1CCCC1C#N. The van der Waals surface area contributed by atoms with E-state index in [9.17, 15) is 4.79 Å². The average molecular weight is 265 g/mol. The molecule has 4 atom stereocenters. The first-order valence-electron chi connectivity index (χ1n) is 7.27. The van der Waals surface area contributed by atoms with Crippen LogP contribution >= 0.6 is 0 Å². The lowest BCUT2D eigenvalue weighted by molar-refractivity contribution is -0.126. The van der Waals surface area contributed by atoms with Gasteiger partial charge in [-0.1, -0.05) is 6.92 Å². The van der Waals surface area contributed by atoms with E-state index in [0.717, 1.165) is 32.2 Å². The van der Waals surface area contributed by atoms with Crippen LogP contribution in [0.15, 0.2) is 0 Å². The van der Waals surface area contributed by atoms with Crippen molar-refractivity contribution < 1.29 is 9.53 Å². The number of nitriles is 1. The van der Waals surface area contributed by atoms with Crippen LogP contribution in [0.3, 0.4) is 0 Å². The molecule has 1 aliphatic heterocycles. The van der Waals surface area contributed by atoms with E-state index >= 15 is 0 Å². The van der Waals surface area contributed by atoms with E-state index in [-0.39, 0.29) is 29.8 Å². The molecule has 0 aromatic heterocycles. The Labute approximate surface area is 114 Å². The van der Waals surface area contributed by atoms with Gasteiger partial charge in [-0.15, -0.1) is 0 Å². The second-order valence-electron chi connectivity index (χ2n) is 5.49. The number of hydrogen-bond acceptors (Lipinski definition) is 4. The Balaban J connectivity index is 1.86. The summed E-state index contributed by atoms with van der Waals surface area (Å²) in [6, 6.07) is 2.44. The van der Waals surface area contributed by atoms with Crippen molar-refractivity contribution in [2.75, 3.05) is 19.8 Å². The molecule has 0 bridgehead atoms. The Morgan fingerprint density at radius 3 is 2.95 bits per heavy atom. The highest BCUT2D eigenvalue weighted by atomic mass is 16.5. The quantitative estimate of drug-likeness (QED) is 0.771. The standard InChI is InChI=1S/C14H23N3O2/c1-2-6-16-13-9-19-8-11(13)14(18)17-12-5-3-4-10(12)7-15/h10-13,16H,2-6,8-9H2,1H3,(H,17,18). The molecular formula is C14H23N3O2. The summed E-state index contributed by atoms with van der Waals surface area (Å²) in [5, 5.41) is 15.5. The molecule has 0 aromatic rings. The van der Waals surface area contributed by atoms with Gasteiger partial charge in [0.25, 0.3) is 0 Å². The maximum atomic E-state index is 12.3. The van der Waals surface area contributed by atoms with Crippen LogP contribution in [0.5, 0.6) is 0 Å². The molecular weight excluding hydrogens is 242 g/mol. The number of hydrogen-bond donors (Lipinski definition) is 2. The van der Waals surface area contributed by atoms with Crippen molar-refractivity contribution in [2.24, 2.45) is 11.8 Å². The number of carbonyl (C=O) groups excluding carboxylic acids is 1. The highest BCUT2D eigenvalue weighted by molar-refractivity contribution is 5.80. The maximum Gasteiger partial charge on any atom is 0.227 e. The summed E-state index contributed by atoms with van der Waals surface area (Å²) in [6.07, 6.45) is 3.90. The summed E-state index contributed by atoms with van der Waals surface area (Å²) in [4.78, 5) is 12.3. The Hall–Kier alpha value is -1.12. The first kappa shape index (κ1) is 14.3. The third kappa shape index (κ3) is 3.46. The molecule has 19 heavy (non-hydrogen) atoms. The first-order valence-corrected chi connectivity index (χ1v) is 7.27. The highest BCUT2D eigenvalue weighted by Gasteiger charge is 2.36. The van der Waals surface area contributed by atoms with Gasteiger partial charge in [0.1, 0.15) is 0 Å². The molecule has 1 heterocycles. The Bertz CT molecular complexity index is 353. The van der Waals surface area contributed by atoms with Gasteiger partial charge >= 0.3 is 0 Å². The van der Waals surface area contributed by atoms with Gasteiger partial charge in [-0.25, -0.2) is 0 Å². The molecule has 5 nitrogen and oxygen atoms in total. The maximum absolute atomic E-state index is 12.3. The molecule has 2 N–H and O–H groups in total. The van der Waals surface area contributed by atoms with Gasteiger partial charge in [0.05, 0.1) is 31.1 Å². The second-order valence-corrected chi connectivity index (χ2v) is 5.49. The summed E-state index contributed by atoms with van der Waals surface area (Å²) in [7, 11) is 0. The third-order valence-electron chi connectivity index (χ3n) is 4.08. The lowest BCUT2D eigenvalue weighted by Crippen LogP contribution is -2.47. The van der Waals surface area contributed by atoms with Crippen LogP contribution in [0.25, 0.3) is 0 Å². The molecule has 1 amide bonds. The molecule has 2 rings (SSSR count). The van der Waals surface area contributed by atoms with Crippen LogP contribution in [-0.2, 0) is 9.53 Å². The first-order chi connectivity index (χ1) is 9.26. The van der Waals surface area contributed by atoms with Crippen LogP contribution in [0.4, 0.5) is 0 Å². The minimum absolute atomic E-state index is 0.0201. The zero-order valence-corrected chi connectivity index (χ0v) is 11.5. The van der Waals surface area contributed by atoms with E-state index in [4.69, 9.17) is 10.00 Å². The van der Waals surface area contributed by atoms with Crippen LogP contribution in [-0.4, -0.2) is 37.7 Å². The van der Waals surface area contributed by atoms with E-state index < -0.39 is 0 Å². The van der Waals surface area contributed by atoms with Gasteiger partial charge in [-0.3, -0.25) is 4.79 Å². The molecule has 5 heteroatoms. The summed E-state index contributed by atoms with van der Waals surface area (Å²) in [5.41, 5.74) is 0. The Morgan fingerprint density at radius 1 is 1.37 bits per heavy atom. The fourth-order valence-electron chi connectivity index (χ4n) is 2.92. The largest absolute Gasteiger partial charge is 0.379 e. The predicted octanol–water partition coefficient (Wildman–Crippen LogP) is 0.809. The zero-order chi connectivity index (χ0) is 13.7. The average Bonchev–Trinajstić information content (AvgIpc) is 3.04. The van der Waals surface area contributed by atoms with E-state index in [0.29, 0.717) is 13.2 Å². The number of nitrogens with zero attached hydrogens (tertiary/aromatic N) is 1. The van der Waals surface area contributed by atoms with Gasteiger partial charge in [0, 0.05) is 12.1 Å². The normalized spacial score (nSPS) is 34.1. The topological polar surface area (TPSA) is 74.2 Å². The fourth-order valence-corrected chi connectivity index (χ4v) is 2.92. The van der Waals surface area contributed by atoms with Crippen LogP contribution < -0.4 is 10.6 Å². The smallest absolute Gasteiger partial charge is 0.227 e. The molecule has 1 aliphatic carbocycles. The fraction of sp³-hybridized carbons (Fsp3) is 0.857. The minimum atomic E-state index is -0.119. The number of rotatable bonds is 5. The van der Waals surface area contributed by atoms with Crippen molar-refractivity contribution in [3.63, 3.8) is 0 Å². The van der Waals surface area contributed by atoms with Crippen LogP contribution in [0, 0.1) is 23.2 Å². The molecule has 0 aromatic carbocycles. The van der Waals surface area contributed by atoms with Gasteiger partial charge < -0.3 is 15.4 Å². The lowest BCUT2D eigenvalue weighted by atomic mass is 10.00. The monoisotopic (exact) mass is 265 g/mol. The number of nitrogens with one attached hydrogen (secondary N) is 2. The Morgan fingerprint density at radius 2 is 2.21 bits per heavy atom. The van der Waals surface area contributed by atoms with Crippen LogP contribution in [0.1, 0.15) is 32.6 Å². The van der Waals surface area contributed by atoms with Gasteiger partial charge in [-0.05, 0) is 32.2 Å². The number of amides is 1. The second kappa shape index (κ2) is 6.88. The van der Waals surface area contributed by atoms with E-state index in [1.165, 1.54) is 0 Å². The zero-order valence-electron chi connectivity index (χ0n) is 11.5. The van der Waals surface area contributed by atoms with Crippen molar-refractivity contribution in [1.82, 2.24) is 10.6 Å². The summed E-state index contributed by atoms with van der Waals surface area (Å²) >= 11 is 0. The highest BCUT2D eigenvalue weighted by Crippen LogP contribution is 2.25. The van der Waals surface area contributed by atoms with E-state index in [2.05, 4.69) is 23.6 Å². The van der Waals surface area contributed by atoms with E-state index in [1.807, 2.05) is 0 Å². The molecule has 2 fully saturated rings. The molecule has 2 aliphatic rings. The molecule has 0 radical (unpaired) electrons. The van der Waals surface area contributed by atoms with Gasteiger partial charge in [0.15, 0.2) is 0 Å². The summed E-state index contributed by atoms with van der Waals surface area (Å²) < 4.78 is 5.42. The predicted molar refractivity (Wildman–Crippen MR) is 71.3 cm³/mol. The van der Waals surface area contributed by atoms with Crippen molar-refractivity contribution in [2.45, 2.75) is 44.7 Å². The van der Waals surface area contributed by atoms with Crippen molar-refractivity contribution in [1.29, 1.82) is 5.26 Å². The van der Waals surface area contributed by atoms with Crippen LogP contribution in [0.2, 0.25) is 0 Å². The van der Waals surface area contributed by atoms with Gasteiger partial charge in [-0.2, -0.15) is 5.26 Å². The number of ether oxygens (including phenoxy) is 1. The van der Waals surface area contributed by atoms with Crippen molar-refractivity contribution in [3.05, 3.63) is 0 Å².